The number of hydrogen-bond donors (Lipinski definition) is 1. The summed E-state index contributed by atoms with van der Waals surface area (Å²) in [5.74, 6) is -2.61. The van der Waals surface area contributed by atoms with Gasteiger partial charge in [0.25, 0.3) is 5.69 Å². The summed E-state index contributed by atoms with van der Waals surface area (Å²) < 4.78 is 12.9. The van der Waals surface area contributed by atoms with Crippen LogP contribution in [-0.4, -0.2) is 16.0 Å². The predicted molar refractivity (Wildman–Crippen MR) is 47.7 cm³/mol. The fraction of sp³-hybridized carbons (Fsp3) is 0. The maximum absolute atomic E-state index is 12.9. The zero-order valence-corrected chi connectivity index (χ0v) is 8.12. The van der Waals surface area contributed by atoms with E-state index in [1.54, 1.807) is 0 Å². The molecule has 0 heterocycles. The van der Waals surface area contributed by atoms with E-state index in [1.807, 2.05) is 0 Å². The van der Waals surface area contributed by atoms with Crippen LogP contribution in [-0.2, 0) is 0 Å². The van der Waals surface area contributed by atoms with Crippen LogP contribution < -0.4 is 0 Å². The fourth-order valence-electron chi connectivity index (χ4n) is 0.840. The van der Waals surface area contributed by atoms with Crippen LogP contribution >= 0.6 is 15.9 Å². The van der Waals surface area contributed by atoms with Gasteiger partial charge in [-0.15, -0.1) is 0 Å². The van der Waals surface area contributed by atoms with E-state index in [-0.39, 0.29) is 4.47 Å². The number of nitrogens with zero attached hydrogens (tertiary/aromatic N) is 1. The van der Waals surface area contributed by atoms with Crippen molar-refractivity contribution < 1.29 is 19.2 Å². The SMILES string of the molecule is O=C(O)c1cc(Br)c([N+](=O)[O-])cc1F. The van der Waals surface area contributed by atoms with Gasteiger partial charge in [-0.25, -0.2) is 9.18 Å². The van der Waals surface area contributed by atoms with E-state index in [0.717, 1.165) is 6.07 Å². The van der Waals surface area contributed by atoms with Crippen molar-refractivity contribution in [1.82, 2.24) is 0 Å². The van der Waals surface area contributed by atoms with E-state index in [2.05, 4.69) is 15.9 Å². The third-order valence-corrected chi connectivity index (χ3v) is 2.10. The van der Waals surface area contributed by atoms with Crippen molar-refractivity contribution in [2.75, 3.05) is 0 Å². The number of nitro benzene ring substituents is 1. The van der Waals surface area contributed by atoms with Gasteiger partial charge < -0.3 is 5.11 Å². The minimum atomic E-state index is -1.47. The third kappa shape index (κ3) is 1.87. The van der Waals surface area contributed by atoms with Crippen LogP contribution in [0.25, 0.3) is 0 Å². The molecule has 0 aromatic heterocycles. The molecule has 7 heteroatoms. The molecule has 0 aliphatic rings. The Morgan fingerprint density at radius 1 is 1.57 bits per heavy atom. The summed E-state index contributed by atoms with van der Waals surface area (Å²) in [6.45, 7) is 0. The molecule has 1 N–H and O–H groups in total. The lowest BCUT2D eigenvalue weighted by Crippen LogP contribution is -2.02. The lowest BCUT2D eigenvalue weighted by molar-refractivity contribution is -0.385. The normalized spacial score (nSPS) is 9.86. The minimum absolute atomic E-state index is 0.0682. The Hall–Kier alpha value is -1.50. The molecule has 0 atom stereocenters. The van der Waals surface area contributed by atoms with Crippen molar-refractivity contribution in [2.45, 2.75) is 0 Å². The quantitative estimate of drug-likeness (QED) is 0.655. The Kier molecular flexibility index (Phi) is 2.80. The molecule has 5 nitrogen and oxygen atoms in total. The highest BCUT2D eigenvalue weighted by atomic mass is 79.9. The van der Waals surface area contributed by atoms with Crippen LogP contribution in [0.3, 0.4) is 0 Å². The van der Waals surface area contributed by atoms with Crippen molar-refractivity contribution >= 4 is 27.6 Å². The Balaban J connectivity index is 3.38. The molecule has 0 aliphatic carbocycles. The second-order valence-electron chi connectivity index (χ2n) is 2.35. The van der Waals surface area contributed by atoms with E-state index in [4.69, 9.17) is 5.11 Å². The number of halogens is 2. The molecular formula is C7H3BrFNO4. The molecule has 0 fully saturated rings. The highest BCUT2D eigenvalue weighted by Crippen LogP contribution is 2.27. The van der Waals surface area contributed by atoms with Gasteiger partial charge in [-0.1, -0.05) is 0 Å². The van der Waals surface area contributed by atoms with Gasteiger partial charge in [-0.3, -0.25) is 10.1 Å². The zero-order valence-electron chi connectivity index (χ0n) is 6.53. The Morgan fingerprint density at radius 2 is 2.14 bits per heavy atom. The Morgan fingerprint density at radius 3 is 2.57 bits per heavy atom. The standard InChI is InChI=1S/C7H3BrFNO4/c8-4-1-3(7(11)12)5(9)2-6(4)10(13)14/h1-2H,(H,11,12). The number of carboxylic acid groups (broad SMARTS) is 1. The van der Waals surface area contributed by atoms with Crippen molar-refractivity contribution in [2.24, 2.45) is 0 Å². The summed E-state index contributed by atoms with van der Waals surface area (Å²) >= 11 is 2.78. The second kappa shape index (κ2) is 3.70. The van der Waals surface area contributed by atoms with Crippen molar-refractivity contribution in [3.8, 4) is 0 Å². The topological polar surface area (TPSA) is 80.4 Å². The molecule has 14 heavy (non-hydrogen) atoms. The smallest absolute Gasteiger partial charge is 0.338 e. The van der Waals surface area contributed by atoms with Crippen LogP contribution in [0.4, 0.5) is 10.1 Å². The van der Waals surface area contributed by atoms with Gasteiger partial charge in [0.2, 0.25) is 0 Å². The molecule has 0 spiro atoms. The Bertz CT molecular complexity index is 381. The molecule has 0 amide bonds. The van der Waals surface area contributed by atoms with Crippen LogP contribution in [0.2, 0.25) is 0 Å². The number of rotatable bonds is 2. The van der Waals surface area contributed by atoms with Gasteiger partial charge in [-0.05, 0) is 22.0 Å². The summed E-state index contributed by atoms with van der Waals surface area (Å²) in [5.41, 5.74) is -1.12. The van der Waals surface area contributed by atoms with Crippen LogP contribution in [0, 0.1) is 15.9 Å². The molecule has 0 radical (unpaired) electrons. The maximum Gasteiger partial charge on any atom is 0.338 e. The van der Waals surface area contributed by atoms with Gasteiger partial charge in [-0.2, -0.15) is 0 Å². The molecule has 0 saturated heterocycles. The second-order valence-corrected chi connectivity index (χ2v) is 3.20. The lowest BCUT2D eigenvalue weighted by Gasteiger charge is -1.99. The number of carboxylic acids is 1. The first-order chi connectivity index (χ1) is 6.43. The Labute approximate surface area is 85.4 Å². The molecule has 0 bridgehead atoms. The van der Waals surface area contributed by atoms with E-state index in [9.17, 15) is 19.3 Å². The average molecular weight is 264 g/mol. The first kappa shape index (κ1) is 10.6. The fourth-order valence-corrected chi connectivity index (χ4v) is 1.33. The van der Waals surface area contributed by atoms with Crippen LogP contribution in [0.1, 0.15) is 10.4 Å². The molecule has 1 aromatic carbocycles. The molecule has 1 aromatic rings. The van der Waals surface area contributed by atoms with Gasteiger partial charge >= 0.3 is 5.97 Å². The van der Waals surface area contributed by atoms with Gasteiger partial charge in [0, 0.05) is 0 Å². The largest absolute Gasteiger partial charge is 0.478 e. The molecule has 0 unspecified atom stereocenters. The number of benzene rings is 1. The highest BCUT2D eigenvalue weighted by molar-refractivity contribution is 9.10. The summed E-state index contributed by atoms with van der Waals surface area (Å²) in [4.78, 5) is 19.9. The first-order valence-corrected chi connectivity index (χ1v) is 4.09. The monoisotopic (exact) mass is 263 g/mol. The van der Waals surface area contributed by atoms with Gasteiger partial charge in [0.15, 0.2) is 0 Å². The zero-order chi connectivity index (χ0) is 10.9. The minimum Gasteiger partial charge on any atom is -0.478 e. The number of nitro groups is 1. The lowest BCUT2D eigenvalue weighted by atomic mass is 10.2. The van der Waals surface area contributed by atoms with Crippen LogP contribution in [0.15, 0.2) is 16.6 Å². The summed E-state index contributed by atoms with van der Waals surface area (Å²) in [6.07, 6.45) is 0. The molecule has 0 aliphatic heterocycles. The number of aromatic carboxylic acids is 1. The summed E-state index contributed by atoms with van der Waals surface area (Å²) in [5, 5.41) is 18.8. The van der Waals surface area contributed by atoms with E-state index < -0.39 is 28.0 Å². The van der Waals surface area contributed by atoms with Crippen molar-refractivity contribution in [3.63, 3.8) is 0 Å². The summed E-state index contributed by atoms with van der Waals surface area (Å²) in [6, 6.07) is 1.42. The van der Waals surface area contributed by atoms with Gasteiger partial charge in [0.05, 0.1) is 21.0 Å². The molecular weight excluding hydrogens is 261 g/mol. The van der Waals surface area contributed by atoms with Crippen molar-refractivity contribution in [3.05, 3.63) is 38.1 Å². The average Bonchev–Trinajstić information content (AvgIpc) is 2.07. The van der Waals surface area contributed by atoms with E-state index in [0.29, 0.717) is 6.07 Å². The summed E-state index contributed by atoms with van der Waals surface area (Å²) in [7, 11) is 0. The van der Waals surface area contributed by atoms with Gasteiger partial charge in [0.1, 0.15) is 5.82 Å². The van der Waals surface area contributed by atoms with E-state index >= 15 is 0 Å². The van der Waals surface area contributed by atoms with Crippen LogP contribution in [0.5, 0.6) is 0 Å². The number of hydrogen-bond acceptors (Lipinski definition) is 3. The maximum atomic E-state index is 12.9. The molecule has 74 valence electrons. The predicted octanol–water partition coefficient (Wildman–Crippen LogP) is 2.19. The van der Waals surface area contributed by atoms with Crippen molar-refractivity contribution in [1.29, 1.82) is 0 Å². The third-order valence-electron chi connectivity index (χ3n) is 1.46. The van der Waals surface area contributed by atoms with E-state index in [1.165, 1.54) is 0 Å². The highest BCUT2D eigenvalue weighted by Gasteiger charge is 2.19. The number of carbonyl (C=O) groups is 1. The first-order valence-electron chi connectivity index (χ1n) is 3.30. The molecule has 0 saturated carbocycles. The molecule has 1 rings (SSSR count).